The average Bonchev–Trinajstić information content (AvgIpc) is 2.51. The lowest BCUT2D eigenvalue weighted by molar-refractivity contribution is -0.124. The van der Waals surface area contributed by atoms with Gasteiger partial charge in [-0.05, 0) is 17.7 Å². The van der Waals surface area contributed by atoms with Crippen LogP contribution in [0.25, 0.3) is 0 Å². The van der Waals surface area contributed by atoms with Gasteiger partial charge in [0.2, 0.25) is 5.91 Å². The Bertz CT molecular complexity index is 542. The Kier molecular flexibility index (Phi) is 6.37. The number of nitrogens with zero attached hydrogens (tertiary/aromatic N) is 1. The third kappa shape index (κ3) is 5.08. The summed E-state index contributed by atoms with van der Waals surface area (Å²) in [4.78, 5) is 35.9. The molecule has 1 aromatic carbocycles. The Morgan fingerprint density at radius 1 is 1.23 bits per heavy atom. The van der Waals surface area contributed by atoms with E-state index in [4.69, 9.17) is 5.73 Å². The molecule has 1 aromatic rings. The number of hydrogen-bond acceptors (Lipinski definition) is 3. The summed E-state index contributed by atoms with van der Waals surface area (Å²) in [5.74, 6) is -0.546. The second kappa shape index (κ2) is 8.02. The molecule has 1 atom stereocenters. The molecule has 1 rings (SSSR count). The highest BCUT2D eigenvalue weighted by molar-refractivity contribution is 5.94. The SMILES string of the molecule is CNC(=O)C(C)CN(C)C(=O)c1ccc(CNC(N)=O)cc1. The predicted molar refractivity (Wildman–Crippen MR) is 83.1 cm³/mol. The largest absolute Gasteiger partial charge is 0.359 e. The van der Waals surface area contributed by atoms with E-state index in [1.807, 2.05) is 0 Å². The third-order valence-corrected chi connectivity index (χ3v) is 3.26. The van der Waals surface area contributed by atoms with Crippen LogP contribution in [0.4, 0.5) is 4.79 Å². The highest BCUT2D eigenvalue weighted by atomic mass is 16.2. The van der Waals surface area contributed by atoms with Gasteiger partial charge < -0.3 is 21.3 Å². The summed E-state index contributed by atoms with van der Waals surface area (Å²) in [6.45, 7) is 2.41. The van der Waals surface area contributed by atoms with Crippen LogP contribution in [0.5, 0.6) is 0 Å². The highest BCUT2D eigenvalue weighted by Crippen LogP contribution is 2.09. The molecule has 120 valence electrons. The van der Waals surface area contributed by atoms with Crippen LogP contribution in [0.3, 0.4) is 0 Å². The van der Waals surface area contributed by atoms with Crippen LogP contribution in [-0.4, -0.2) is 43.4 Å². The number of primary amides is 1. The fraction of sp³-hybridized carbons (Fsp3) is 0.400. The van der Waals surface area contributed by atoms with Crippen LogP contribution in [0.15, 0.2) is 24.3 Å². The zero-order chi connectivity index (χ0) is 16.7. The number of nitrogens with two attached hydrogens (primary N) is 1. The minimum atomic E-state index is -0.594. The molecule has 0 aliphatic heterocycles. The molecule has 0 fully saturated rings. The van der Waals surface area contributed by atoms with Gasteiger partial charge in [0.15, 0.2) is 0 Å². The fourth-order valence-corrected chi connectivity index (χ4v) is 2.00. The molecule has 0 radical (unpaired) electrons. The molecule has 0 saturated heterocycles. The van der Waals surface area contributed by atoms with E-state index in [1.54, 1.807) is 45.3 Å². The van der Waals surface area contributed by atoms with Crippen LogP contribution in [0.1, 0.15) is 22.8 Å². The smallest absolute Gasteiger partial charge is 0.312 e. The molecule has 0 bridgehead atoms. The van der Waals surface area contributed by atoms with Gasteiger partial charge in [-0.1, -0.05) is 19.1 Å². The van der Waals surface area contributed by atoms with E-state index >= 15 is 0 Å². The first-order valence-electron chi connectivity index (χ1n) is 6.94. The minimum absolute atomic E-state index is 0.104. The van der Waals surface area contributed by atoms with Gasteiger partial charge in [0.05, 0.1) is 5.92 Å². The van der Waals surface area contributed by atoms with Crippen LogP contribution in [0, 0.1) is 5.92 Å². The summed E-state index contributed by atoms with van der Waals surface area (Å²) in [6, 6.07) is 6.27. The maximum atomic E-state index is 12.3. The fourth-order valence-electron chi connectivity index (χ4n) is 2.00. The molecule has 1 unspecified atom stereocenters. The summed E-state index contributed by atoms with van der Waals surface area (Å²) in [5.41, 5.74) is 6.36. The van der Waals surface area contributed by atoms with E-state index in [0.717, 1.165) is 5.56 Å². The molecule has 0 aliphatic rings. The Morgan fingerprint density at radius 2 is 1.82 bits per heavy atom. The lowest BCUT2D eigenvalue weighted by atomic mass is 10.1. The van der Waals surface area contributed by atoms with Gasteiger partial charge in [0.1, 0.15) is 0 Å². The van der Waals surface area contributed by atoms with E-state index in [9.17, 15) is 14.4 Å². The molecule has 0 spiro atoms. The van der Waals surface area contributed by atoms with Crippen molar-refractivity contribution in [3.63, 3.8) is 0 Å². The number of hydrogen-bond donors (Lipinski definition) is 3. The van der Waals surface area contributed by atoms with E-state index < -0.39 is 6.03 Å². The molecule has 7 heteroatoms. The summed E-state index contributed by atoms with van der Waals surface area (Å²) in [7, 11) is 3.23. The zero-order valence-corrected chi connectivity index (χ0v) is 13.1. The molecule has 4 amide bonds. The highest BCUT2D eigenvalue weighted by Gasteiger charge is 2.18. The lowest BCUT2D eigenvalue weighted by Crippen LogP contribution is -2.37. The van der Waals surface area contributed by atoms with Crippen molar-refractivity contribution >= 4 is 17.8 Å². The molecule has 4 N–H and O–H groups in total. The Labute approximate surface area is 129 Å². The second-order valence-corrected chi connectivity index (χ2v) is 5.12. The Morgan fingerprint density at radius 3 is 2.32 bits per heavy atom. The lowest BCUT2D eigenvalue weighted by Gasteiger charge is -2.21. The zero-order valence-electron chi connectivity index (χ0n) is 13.1. The molecule has 7 nitrogen and oxygen atoms in total. The number of urea groups is 1. The van der Waals surface area contributed by atoms with Crippen molar-refractivity contribution in [2.45, 2.75) is 13.5 Å². The van der Waals surface area contributed by atoms with Gasteiger partial charge in [0, 0.05) is 32.7 Å². The van der Waals surface area contributed by atoms with Crippen molar-refractivity contribution in [3.05, 3.63) is 35.4 Å². The molecule has 0 saturated carbocycles. The van der Waals surface area contributed by atoms with Crippen molar-refractivity contribution in [2.24, 2.45) is 11.7 Å². The first-order valence-corrected chi connectivity index (χ1v) is 6.94. The maximum Gasteiger partial charge on any atom is 0.312 e. The van der Waals surface area contributed by atoms with Crippen molar-refractivity contribution in [3.8, 4) is 0 Å². The molecule has 0 aliphatic carbocycles. The van der Waals surface area contributed by atoms with Gasteiger partial charge in [0.25, 0.3) is 5.91 Å². The number of amides is 4. The van der Waals surface area contributed by atoms with E-state index in [2.05, 4.69) is 10.6 Å². The van der Waals surface area contributed by atoms with Crippen LogP contribution in [0.2, 0.25) is 0 Å². The number of rotatable bonds is 6. The van der Waals surface area contributed by atoms with Gasteiger partial charge in [-0.2, -0.15) is 0 Å². The number of benzene rings is 1. The van der Waals surface area contributed by atoms with E-state index in [0.29, 0.717) is 18.7 Å². The molecular formula is C15H22N4O3. The van der Waals surface area contributed by atoms with Crippen molar-refractivity contribution in [2.75, 3.05) is 20.6 Å². The quantitative estimate of drug-likeness (QED) is 0.704. The van der Waals surface area contributed by atoms with E-state index in [-0.39, 0.29) is 17.7 Å². The van der Waals surface area contributed by atoms with E-state index in [1.165, 1.54) is 4.90 Å². The van der Waals surface area contributed by atoms with Gasteiger partial charge in [-0.3, -0.25) is 9.59 Å². The first kappa shape index (κ1) is 17.5. The number of nitrogens with one attached hydrogen (secondary N) is 2. The summed E-state index contributed by atoms with van der Waals surface area (Å²) < 4.78 is 0. The van der Waals surface area contributed by atoms with Gasteiger partial charge >= 0.3 is 6.03 Å². The van der Waals surface area contributed by atoms with Crippen molar-refractivity contribution in [1.29, 1.82) is 0 Å². The van der Waals surface area contributed by atoms with Crippen molar-refractivity contribution in [1.82, 2.24) is 15.5 Å². The summed E-state index contributed by atoms with van der Waals surface area (Å²) in [5, 5.41) is 5.04. The molecule has 0 heterocycles. The van der Waals surface area contributed by atoms with Crippen LogP contribution < -0.4 is 16.4 Å². The summed E-state index contributed by atoms with van der Waals surface area (Å²) >= 11 is 0. The van der Waals surface area contributed by atoms with Crippen molar-refractivity contribution < 1.29 is 14.4 Å². The maximum absolute atomic E-state index is 12.3. The van der Waals surface area contributed by atoms with Crippen LogP contribution in [-0.2, 0) is 11.3 Å². The summed E-state index contributed by atoms with van der Waals surface area (Å²) in [6.07, 6.45) is 0. The first-order chi connectivity index (χ1) is 10.3. The van der Waals surface area contributed by atoms with Gasteiger partial charge in [-0.15, -0.1) is 0 Å². The third-order valence-electron chi connectivity index (χ3n) is 3.26. The Hall–Kier alpha value is -2.57. The number of carbonyl (C=O) groups is 3. The average molecular weight is 306 g/mol. The standard InChI is InChI=1S/C15H22N4O3/c1-10(13(20)17-2)9-19(3)14(21)12-6-4-11(5-7-12)8-18-15(16)22/h4-7,10H,8-9H2,1-3H3,(H,17,20)(H3,16,18,22). The normalized spacial score (nSPS) is 11.4. The predicted octanol–water partition coefficient (Wildman–Crippen LogP) is 0.309. The van der Waals surface area contributed by atoms with Crippen LogP contribution >= 0.6 is 0 Å². The molecule has 22 heavy (non-hydrogen) atoms. The topological polar surface area (TPSA) is 105 Å². The second-order valence-electron chi connectivity index (χ2n) is 5.12. The number of carbonyl (C=O) groups excluding carboxylic acids is 3. The monoisotopic (exact) mass is 306 g/mol. The van der Waals surface area contributed by atoms with Gasteiger partial charge in [-0.25, -0.2) is 4.79 Å². The Balaban J connectivity index is 2.64. The molecular weight excluding hydrogens is 284 g/mol. The minimum Gasteiger partial charge on any atom is -0.359 e. The molecule has 0 aromatic heterocycles.